The second kappa shape index (κ2) is 5.94. The number of hydrogen-bond donors (Lipinski definition) is 0. The van der Waals surface area contributed by atoms with Gasteiger partial charge in [-0.2, -0.15) is 0 Å². The van der Waals surface area contributed by atoms with Crippen molar-refractivity contribution in [3.63, 3.8) is 0 Å². The maximum atomic E-state index is 11.0. The van der Waals surface area contributed by atoms with Gasteiger partial charge in [0.05, 0.1) is 4.92 Å². The first-order valence-corrected chi connectivity index (χ1v) is 7.13. The maximum absolute atomic E-state index is 11.0. The monoisotopic (exact) mass is 314 g/mol. The van der Waals surface area contributed by atoms with Gasteiger partial charge >= 0.3 is 5.69 Å². The predicted molar refractivity (Wildman–Crippen MR) is 79.5 cm³/mol. The Hall–Kier alpha value is -2.74. The molecule has 0 aliphatic carbocycles. The number of aryl methyl sites for hydroxylation is 1. The number of nitrogens with zero attached hydrogens (tertiary/aromatic N) is 4. The van der Waals surface area contributed by atoms with E-state index >= 15 is 0 Å². The van der Waals surface area contributed by atoms with Crippen LogP contribution in [0.1, 0.15) is 5.56 Å². The quantitative estimate of drug-likeness (QED) is 0.537. The van der Waals surface area contributed by atoms with Gasteiger partial charge in [-0.15, -0.1) is 10.2 Å². The average Bonchev–Trinajstić information content (AvgIpc) is 2.96. The highest BCUT2D eigenvalue weighted by atomic mass is 32.2. The van der Waals surface area contributed by atoms with E-state index in [-0.39, 0.29) is 15.9 Å². The lowest BCUT2D eigenvalue weighted by atomic mass is 10.1. The van der Waals surface area contributed by atoms with E-state index in [4.69, 9.17) is 4.42 Å². The van der Waals surface area contributed by atoms with Crippen LogP contribution in [0.2, 0.25) is 0 Å². The molecule has 2 heterocycles. The van der Waals surface area contributed by atoms with E-state index in [2.05, 4.69) is 15.2 Å². The fourth-order valence-electron chi connectivity index (χ4n) is 1.86. The van der Waals surface area contributed by atoms with Crippen molar-refractivity contribution >= 4 is 17.4 Å². The summed E-state index contributed by atoms with van der Waals surface area (Å²) >= 11 is 0.971. The van der Waals surface area contributed by atoms with E-state index in [1.165, 1.54) is 18.3 Å². The first-order valence-electron chi connectivity index (χ1n) is 6.32. The molecule has 0 N–H and O–H groups in total. The number of pyridine rings is 1. The molecule has 0 unspecified atom stereocenters. The first kappa shape index (κ1) is 14.2. The van der Waals surface area contributed by atoms with E-state index in [0.29, 0.717) is 5.89 Å². The lowest BCUT2D eigenvalue weighted by Crippen LogP contribution is -1.92. The second-order valence-electron chi connectivity index (χ2n) is 4.37. The molecule has 7 nitrogen and oxygen atoms in total. The second-order valence-corrected chi connectivity index (χ2v) is 5.31. The fraction of sp³-hybridized carbons (Fsp3) is 0.0714. The van der Waals surface area contributed by atoms with Crippen LogP contribution in [0.15, 0.2) is 57.3 Å². The molecule has 0 atom stereocenters. The minimum atomic E-state index is -0.492. The Morgan fingerprint density at radius 2 is 2.00 bits per heavy atom. The summed E-state index contributed by atoms with van der Waals surface area (Å²) in [6, 6.07) is 10.5. The first-order chi connectivity index (χ1) is 10.6. The van der Waals surface area contributed by atoms with Crippen molar-refractivity contribution in [1.82, 2.24) is 15.2 Å². The molecule has 0 spiro atoms. The minimum Gasteiger partial charge on any atom is -0.411 e. The maximum Gasteiger partial charge on any atom is 0.301 e. The predicted octanol–water partition coefficient (Wildman–Crippen LogP) is 3.50. The summed E-state index contributed by atoms with van der Waals surface area (Å²) in [6.07, 6.45) is 1.48. The summed E-state index contributed by atoms with van der Waals surface area (Å²) in [7, 11) is 0. The van der Waals surface area contributed by atoms with Gasteiger partial charge in [0.15, 0.2) is 5.03 Å². The molecule has 0 radical (unpaired) electrons. The number of hydrogen-bond acceptors (Lipinski definition) is 7. The average molecular weight is 314 g/mol. The summed E-state index contributed by atoms with van der Waals surface area (Å²) in [4.78, 5) is 14.5. The summed E-state index contributed by atoms with van der Waals surface area (Å²) in [5.41, 5.74) is 1.74. The molecule has 110 valence electrons. The zero-order chi connectivity index (χ0) is 15.5. The Kier molecular flexibility index (Phi) is 3.84. The van der Waals surface area contributed by atoms with Crippen LogP contribution in [-0.2, 0) is 0 Å². The lowest BCUT2D eigenvalue weighted by molar-refractivity contribution is -0.388. The molecule has 0 bridgehead atoms. The third-order valence-corrected chi connectivity index (χ3v) is 3.76. The molecule has 0 saturated carbocycles. The van der Waals surface area contributed by atoms with E-state index in [9.17, 15) is 10.1 Å². The summed E-state index contributed by atoms with van der Waals surface area (Å²) in [6.45, 7) is 1.94. The van der Waals surface area contributed by atoms with Crippen LogP contribution in [0.3, 0.4) is 0 Å². The van der Waals surface area contributed by atoms with Gasteiger partial charge in [0, 0.05) is 17.8 Å². The molecule has 2 aromatic heterocycles. The van der Waals surface area contributed by atoms with Gasteiger partial charge in [-0.3, -0.25) is 10.1 Å². The molecule has 3 aromatic rings. The van der Waals surface area contributed by atoms with Crippen LogP contribution in [0.5, 0.6) is 0 Å². The largest absolute Gasteiger partial charge is 0.411 e. The van der Waals surface area contributed by atoms with E-state index in [1.807, 2.05) is 31.2 Å². The van der Waals surface area contributed by atoms with Crippen molar-refractivity contribution in [1.29, 1.82) is 0 Å². The topological polar surface area (TPSA) is 95.0 Å². The molecular weight excluding hydrogens is 304 g/mol. The van der Waals surface area contributed by atoms with Crippen LogP contribution in [0, 0.1) is 17.0 Å². The highest BCUT2D eigenvalue weighted by Crippen LogP contribution is 2.33. The Balaban J connectivity index is 1.90. The third kappa shape index (κ3) is 2.82. The van der Waals surface area contributed by atoms with Gasteiger partial charge in [0.25, 0.3) is 5.22 Å². The van der Waals surface area contributed by atoms with Gasteiger partial charge in [0.2, 0.25) is 5.89 Å². The molecule has 0 aliphatic heterocycles. The molecule has 3 rings (SSSR count). The van der Waals surface area contributed by atoms with Crippen molar-refractivity contribution in [3.05, 3.63) is 58.3 Å². The van der Waals surface area contributed by atoms with Crippen LogP contribution in [0.4, 0.5) is 5.69 Å². The van der Waals surface area contributed by atoms with Gasteiger partial charge in [-0.05, 0) is 36.4 Å². The van der Waals surface area contributed by atoms with Crippen LogP contribution in [-0.4, -0.2) is 20.1 Å². The van der Waals surface area contributed by atoms with E-state index in [0.717, 1.165) is 22.9 Å². The molecule has 22 heavy (non-hydrogen) atoms. The van der Waals surface area contributed by atoms with Crippen LogP contribution >= 0.6 is 11.8 Å². The van der Waals surface area contributed by atoms with Gasteiger partial charge < -0.3 is 4.42 Å². The van der Waals surface area contributed by atoms with Crippen LogP contribution in [0.25, 0.3) is 11.5 Å². The van der Waals surface area contributed by atoms with Crippen molar-refractivity contribution in [3.8, 4) is 11.5 Å². The fourth-order valence-corrected chi connectivity index (χ4v) is 2.58. The van der Waals surface area contributed by atoms with E-state index in [1.54, 1.807) is 0 Å². The normalized spacial score (nSPS) is 10.6. The highest BCUT2D eigenvalue weighted by molar-refractivity contribution is 7.99. The van der Waals surface area contributed by atoms with Crippen LogP contribution < -0.4 is 0 Å². The summed E-state index contributed by atoms with van der Waals surface area (Å²) in [5, 5.41) is 19.3. The number of benzene rings is 1. The molecule has 0 aliphatic rings. The molecule has 1 aromatic carbocycles. The van der Waals surface area contributed by atoms with Gasteiger partial charge in [-0.1, -0.05) is 18.2 Å². The Morgan fingerprint density at radius 1 is 1.18 bits per heavy atom. The van der Waals surface area contributed by atoms with E-state index < -0.39 is 4.92 Å². The lowest BCUT2D eigenvalue weighted by Gasteiger charge is -1.99. The number of aromatic nitrogens is 3. The molecule has 0 amide bonds. The molecular formula is C14H10N4O3S. The Bertz CT molecular complexity index is 834. The zero-order valence-electron chi connectivity index (χ0n) is 11.5. The molecule has 0 saturated heterocycles. The smallest absolute Gasteiger partial charge is 0.301 e. The Morgan fingerprint density at radius 3 is 2.77 bits per heavy atom. The van der Waals surface area contributed by atoms with Crippen molar-refractivity contribution in [2.75, 3.05) is 0 Å². The third-order valence-electron chi connectivity index (χ3n) is 2.91. The Labute approximate surface area is 129 Å². The van der Waals surface area contributed by atoms with Gasteiger partial charge in [-0.25, -0.2) is 4.98 Å². The van der Waals surface area contributed by atoms with Crippen molar-refractivity contribution < 1.29 is 9.34 Å². The van der Waals surface area contributed by atoms with Crippen molar-refractivity contribution in [2.45, 2.75) is 17.2 Å². The number of nitro groups is 1. The SMILES string of the molecule is Cc1ccccc1-c1nnc(Sc2ncccc2[N+](=O)[O-])o1. The number of rotatable bonds is 4. The van der Waals surface area contributed by atoms with Crippen molar-refractivity contribution in [2.24, 2.45) is 0 Å². The minimum absolute atomic E-state index is 0.0943. The summed E-state index contributed by atoms with van der Waals surface area (Å²) < 4.78 is 5.57. The standard InChI is InChI=1S/C14H10N4O3S/c1-9-5-2-3-6-10(9)12-16-17-14(21-12)22-13-11(18(19)20)7-4-8-15-13/h2-8H,1H3. The summed E-state index contributed by atoms with van der Waals surface area (Å²) in [5.74, 6) is 0.374. The highest BCUT2D eigenvalue weighted by Gasteiger charge is 2.19. The van der Waals surface area contributed by atoms with Gasteiger partial charge in [0.1, 0.15) is 0 Å². The molecule has 0 fully saturated rings. The zero-order valence-corrected chi connectivity index (χ0v) is 12.3. The molecule has 8 heteroatoms.